The second-order valence-corrected chi connectivity index (χ2v) is 7.59. The Morgan fingerprint density at radius 3 is 2.62 bits per heavy atom. The number of anilines is 2. The second kappa shape index (κ2) is 8.79. The highest BCUT2D eigenvalue weighted by molar-refractivity contribution is 7.14. The molecule has 1 aromatic carbocycles. The number of thiophene rings is 1. The van der Waals surface area contributed by atoms with Gasteiger partial charge in [0.1, 0.15) is 0 Å². The molecule has 0 aliphatic carbocycles. The van der Waals surface area contributed by atoms with Gasteiger partial charge in [-0.3, -0.25) is 10.1 Å². The van der Waals surface area contributed by atoms with Crippen molar-refractivity contribution in [3.05, 3.63) is 62.8 Å². The van der Waals surface area contributed by atoms with Gasteiger partial charge in [-0.25, -0.2) is 9.78 Å². The second-order valence-electron chi connectivity index (χ2n) is 5.26. The van der Waals surface area contributed by atoms with E-state index in [2.05, 4.69) is 20.9 Å². The molecule has 0 aliphatic heterocycles. The molecule has 0 saturated heterocycles. The summed E-state index contributed by atoms with van der Waals surface area (Å²) >= 11 is 8.66. The van der Waals surface area contributed by atoms with Gasteiger partial charge in [-0.15, -0.1) is 22.7 Å². The zero-order valence-corrected chi connectivity index (χ0v) is 15.9. The van der Waals surface area contributed by atoms with Crippen LogP contribution in [0.15, 0.2) is 47.2 Å². The minimum Gasteiger partial charge on any atom is -0.351 e. The summed E-state index contributed by atoms with van der Waals surface area (Å²) in [5.74, 6) is -0.110. The lowest BCUT2D eigenvalue weighted by molar-refractivity contribution is -0.120. The predicted octanol–water partition coefficient (Wildman–Crippen LogP) is 4.36. The van der Waals surface area contributed by atoms with Crippen molar-refractivity contribution in [2.75, 3.05) is 10.6 Å². The minimum absolute atomic E-state index is 0.110. The van der Waals surface area contributed by atoms with E-state index >= 15 is 0 Å². The molecule has 0 spiro atoms. The average molecular weight is 407 g/mol. The van der Waals surface area contributed by atoms with Crippen LogP contribution in [-0.4, -0.2) is 16.9 Å². The highest BCUT2D eigenvalue weighted by Gasteiger charge is 2.10. The van der Waals surface area contributed by atoms with Gasteiger partial charge >= 0.3 is 6.03 Å². The van der Waals surface area contributed by atoms with Gasteiger partial charge in [-0.1, -0.05) is 17.7 Å². The van der Waals surface area contributed by atoms with Gasteiger partial charge in [0.2, 0.25) is 5.91 Å². The van der Waals surface area contributed by atoms with Crippen molar-refractivity contribution in [3.8, 4) is 0 Å². The van der Waals surface area contributed by atoms with Crippen molar-refractivity contribution in [1.82, 2.24) is 10.3 Å². The van der Waals surface area contributed by atoms with Crippen molar-refractivity contribution in [2.24, 2.45) is 0 Å². The lowest BCUT2D eigenvalue weighted by Gasteiger charge is -2.05. The molecule has 6 nitrogen and oxygen atoms in total. The molecule has 0 saturated carbocycles. The highest BCUT2D eigenvalue weighted by Crippen LogP contribution is 2.17. The Balaban J connectivity index is 1.47. The maximum atomic E-state index is 12.0. The third kappa shape index (κ3) is 5.55. The molecule has 0 aliphatic rings. The standard InChI is InChI=1S/C17H15ClN4O2S2/c18-11-3-5-12(6-4-11)20-16(24)22-17-21-13(10-26-17)8-15(23)19-9-14-2-1-7-25-14/h1-7,10H,8-9H2,(H,19,23)(H2,20,21,22,24). The topological polar surface area (TPSA) is 83.1 Å². The molecule has 3 aromatic rings. The molecular formula is C17H15ClN4O2S2. The van der Waals surface area contributed by atoms with Gasteiger partial charge in [-0.05, 0) is 35.7 Å². The Hall–Kier alpha value is -2.42. The van der Waals surface area contributed by atoms with Crippen molar-refractivity contribution in [1.29, 1.82) is 0 Å². The normalized spacial score (nSPS) is 10.3. The molecule has 9 heteroatoms. The monoisotopic (exact) mass is 406 g/mol. The fourth-order valence-electron chi connectivity index (χ4n) is 2.06. The van der Waals surface area contributed by atoms with Gasteiger partial charge in [0, 0.05) is 21.0 Å². The van der Waals surface area contributed by atoms with Gasteiger partial charge in [0.25, 0.3) is 0 Å². The summed E-state index contributed by atoms with van der Waals surface area (Å²) in [7, 11) is 0. The maximum Gasteiger partial charge on any atom is 0.325 e. The SMILES string of the molecule is O=C(Cc1csc(NC(=O)Nc2ccc(Cl)cc2)n1)NCc1cccs1. The van der Waals surface area contributed by atoms with Crippen molar-refractivity contribution in [2.45, 2.75) is 13.0 Å². The predicted molar refractivity (Wildman–Crippen MR) is 106 cm³/mol. The summed E-state index contributed by atoms with van der Waals surface area (Å²) in [5, 5.41) is 12.9. The smallest absolute Gasteiger partial charge is 0.325 e. The molecule has 0 unspecified atom stereocenters. The van der Waals surface area contributed by atoms with E-state index < -0.39 is 6.03 Å². The van der Waals surface area contributed by atoms with E-state index in [1.807, 2.05) is 17.5 Å². The molecule has 2 heterocycles. The summed E-state index contributed by atoms with van der Waals surface area (Å²) in [6, 6.07) is 10.3. The van der Waals surface area contributed by atoms with E-state index in [0.717, 1.165) is 4.88 Å². The van der Waals surface area contributed by atoms with Crippen LogP contribution in [-0.2, 0) is 17.8 Å². The number of amides is 3. The maximum absolute atomic E-state index is 12.0. The number of rotatable bonds is 6. The molecule has 2 aromatic heterocycles. The number of hydrogen-bond donors (Lipinski definition) is 3. The Morgan fingerprint density at radius 2 is 1.88 bits per heavy atom. The van der Waals surface area contributed by atoms with E-state index in [4.69, 9.17) is 11.6 Å². The van der Waals surface area contributed by atoms with Crippen LogP contribution >= 0.6 is 34.3 Å². The third-order valence-corrected chi connectivity index (χ3v) is 5.19. The number of nitrogens with zero attached hydrogens (tertiary/aromatic N) is 1. The van der Waals surface area contributed by atoms with Gasteiger partial charge < -0.3 is 10.6 Å². The summed E-state index contributed by atoms with van der Waals surface area (Å²) in [4.78, 5) is 29.3. The fraction of sp³-hybridized carbons (Fsp3) is 0.118. The lowest BCUT2D eigenvalue weighted by Crippen LogP contribution is -2.24. The van der Waals surface area contributed by atoms with Crippen LogP contribution in [0.25, 0.3) is 0 Å². The molecule has 26 heavy (non-hydrogen) atoms. The van der Waals surface area contributed by atoms with E-state index in [-0.39, 0.29) is 12.3 Å². The molecule has 3 amide bonds. The van der Waals surface area contributed by atoms with Crippen molar-refractivity contribution < 1.29 is 9.59 Å². The first-order valence-corrected chi connectivity index (χ1v) is 9.79. The molecule has 0 fully saturated rings. The number of nitrogens with one attached hydrogen (secondary N) is 3. The van der Waals surface area contributed by atoms with Crippen LogP contribution in [0, 0.1) is 0 Å². The number of halogens is 1. The molecular weight excluding hydrogens is 392 g/mol. The third-order valence-electron chi connectivity index (χ3n) is 3.26. The quantitative estimate of drug-likeness (QED) is 0.568. The number of benzene rings is 1. The number of aromatic nitrogens is 1. The van der Waals surface area contributed by atoms with Gasteiger partial charge in [0.15, 0.2) is 5.13 Å². The summed E-state index contributed by atoms with van der Waals surface area (Å²) in [6.45, 7) is 0.509. The number of urea groups is 1. The van der Waals surface area contributed by atoms with Crippen LogP contribution in [0.4, 0.5) is 15.6 Å². The number of hydrogen-bond acceptors (Lipinski definition) is 5. The van der Waals surface area contributed by atoms with Crippen LogP contribution in [0.1, 0.15) is 10.6 Å². The minimum atomic E-state index is -0.407. The van der Waals surface area contributed by atoms with Gasteiger partial charge in [-0.2, -0.15) is 0 Å². The summed E-state index contributed by atoms with van der Waals surface area (Å²) in [5.41, 5.74) is 1.23. The zero-order valence-electron chi connectivity index (χ0n) is 13.5. The van der Waals surface area contributed by atoms with Crippen LogP contribution in [0.2, 0.25) is 5.02 Å². The first-order valence-electron chi connectivity index (χ1n) is 7.65. The Kier molecular flexibility index (Phi) is 6.21. The van der Waals surface area contributed by atoms with Crippen LogP contribution in [0.5, 0.6) is 0 Å². The largest absolute Gasteiger partial charge is 0.351 e. The lowest BCUT2D eigenvalue weighted by atomic mass is 10.3. The van der Waals surface area contributed by atoms with E-state index in [9.17, 15) is 9.59 Å². The first-order chi connectivity index (χ1) is 12.6. The van der Waals surface area contributed by atoms with Gasteiger partial charge in [0.05, 0.1) is 18.7 Å². The van der Waals surface area contributed by atoms with E-state index in [1.165, 1.54) is 11.3 Å². The number of carbonyl (C=O) groups excluding carboxylic acids is 2. The van der Waals surface area contributed by atoms with E-state index in [0.29, 0.717) is 28.1 Å². The Bertz CT molecular complexity index is 879. The van der Waals surface area contributed by atoms with Crippen molar-refractivity contribution >= 4 is 57.0 Å². The molecule has 3 N–H and O–H groups in total. The fourth-order valence-corrected chi connectivity index (χ4v) is 3.54. The van der Waals surface area contributed by atoms with Crippen molar-refractivity contribution in [3.63, 3.8) is 0 Å². The zero-order chi connectivity index (χ0) is 18.4. The molecule has 134 valence electrons. The molecule has 3 rings (SSSR count). The molecule has 0 bridgehead atoms. The van der Waals surface area contributed by atoms with Crippen LogP contribution in [0.3, 0.4) is 0 Å². The molecule has 0 radical (unpaired) electrons. The van der Waals surface area contributed by atoms with E-state index in [1.54, 1.807) is 41.0 Å². The Morgan fingerprint density at radius 1 is 1.08 bits per heavy atom. The Labute approximate surface area is 163 Å². The highest BCUT2D eigenvalue weighted by atomic mass is 35.5. The molecule has 0 atom stereocenters. The first kappa shape index (κ1) is 18.4. The number of carbonyl (C=O) groups is 2. The van der Waals surface area contributed by atoms with Crippen LogP contribution < -0.4 is 16.0 Å². The summed E-state index contributed by atoms with van der Waals surface area (Å²) < 4.78 is 0. The number of thiazole rings is 1. The average Bonchev–Trinajstić information content (AvgIpc) is 3.27. The summed E-state index contributed by atoms with van der Waals surface area (Å²) in [6.07, 6.45) is 0.169.